The van der Waals surface area contributed by atoms with E-state index < -0.39 is 0 Å². The van der Waals surface area contributed by atoms with Crippen molar-refractivity contribution in [3.05, 3.63) is 57.9 Å². The third-order valence-electron chi connectivity index (χ3n) is 13.3. The number of pyridine rings is 2. The number of aromatic nitrogens is 6. The van der Waals surface area contributed by atoms with Crippen molar-refractivity contribution in [1.29, 1.82) is 0 Å². The lowest BCUT2D eigenvalue weighted by Gasteiger charge is -2.36. The molecule has 0 unspecified atom stereocenters. The zero-order valence-electron chi connectivity index (χ0n) is 33.2. The van der Waals surface area contributed by atoms with Gasteiger partial charge in [-0.3, -0.25) is 23.6 Å². The van der Waals surface area contributed by atoms with Gasteiger partial charge >= 0.3 is 0 Å². The molecule has 0 atom stereocenters. The van der Waals surface area contributed by atoms with Crippen LogP contribution in [0.4, 0.5) is 11.4 Å². The molecule has 5 fully saturated rings. The average molecular weight is 807 g/mol. The summed E-state index contributed by atoms with van der Waals surface area (Å²) in [6, 6.07) is 4.80. The van der Waals surface area contributed by atoms with E-state index in [4.69, 9.17) is 9.97 Å². The molecule has 12 nitrogen and oxygen atoms in total. The van der Waals surface area contributed by atoms with Gasteiger partial charge in [0.05, 0.1) is 45.8 Å². The molecule has 3 saturated carbocycles. The molecule has 14 heteroatoms. The molecular weight excluding hydrogens is 753 g/mol. The lowest BCUT2D eigenvalue weighted by atomic mass is 9.95. The zero-order valence-corrected chi connectivity index (χ0v) is 34.8. The SMILES string of the molecule is CN1CCN(c2ccnc3sc4c(=O)n(C5CCCCC5)cnc4c23)CC1.O=c1c2sc3nccc(N4CCN(CC5CC5)CC4)c3c2ncn1C1CCCCC1. The number of hydrogen-bond acceptors (Lipinski definition) is 12. The van der Waals surface area contributed by atoms with Gasteiger partial charge in [0.1, 0.15) is 19.1 Å². The van der Waals surface area contributed by atoms with E-state index in [1.54, 1.807) is 12.7 Å². The summed E-state index contributed by atoms with van der Waals surface area (Å²) in [6.07, 6.45) is 21.9. The number of thiophene rings is 2. The summed E-state index contributed by atoms with van der Waals surface area (Å²) in [5.74, 6) is 0.945. The van der Waals surface area contributed by atoms with Crippen molar-refractivity contribution in [2.75, 3.05) is 75.8 Å². The van der Waals surface area contributed by atoms with Crippen LogP contribution in [0.25, 0.3) is 40.9 Å². The smallest absolute Gasteiger partial charge is 0.271 e. The molecule has 6 aromatic heterocycles. The number of rotatable bonds is 6. The highest BCUT2D eigenvalue weighted by Gasteiger charge is 2.29. The number of fused-ring (bicyclic) bond motifs is 6. The fourth-order valence-electron chi connectivity index (χ4n) is 9.75. The Morgan fingerprint density at radius 1 is 0.579 bits per heavy atom. The molecule has 5 aliphatic rings. The topological polar surface area (TPSA) is 109 Å². The first-order valence-corrected chi connectivity index (χ1v) is 23.1. The van der Waals surface area contributed by atoms with Gasteiger partial charge in [0.25, 0.3) is 11.1 Å². The minimum Gasteiger partial charge on any atom is -0.368 e. The van der Waals surface area contributed by atoms with E-state index in [0.29, 0.717) is 12.1 Å². The minimum absolute atomic E-state index is 0.110. The molecule has 0 bridgehead atoms. The van der Waals surface area contributed by atoms with Crippen LogP contribution in [0, 0.1) is 5.92 Å². The van der Waals surface area contributed by atoms with Gasteiger partial charge in [-0.15, -0.1) is 22.7 Å². The van der Waals surface area contributed by atoms with Crippen LogP contribution in [0.2, 0.25) is 0 Å². The lowest BCUT2D eigenvalue weighted by Crippen LogP contribution is -2.47. The number of hydrogen-bond donors (Lipinski definition) is 0. The number of likely N-dealkylation sites (N-methyl/N-ethyl adjacent to an activating group) is 1. The van der Waals surface area contributed by atoms with Crippen LogP contribution in [0.5, 0.6) is 0 Å². The van der Waals surface area contributed by atoms with E-state index in [-0.39, 0.29) is 11.1 Å². The van der Waals surface area contributed by atoms with Crippen molar-refractivity contribution in [3.8, 4) is 0 Å². The third-order valence-corrected chi connectivity index (χ3v) is 15.4. The van der Waals surface area contributed by atoms with Gasteiger partial charge in [-0.05, 0) is 63.6 Å². The van der Waals surface area contributed by atoms with Crippen LogP contribution in [0.1, 0.15) is 89.1 Å². The maximum Gasteiger partial charge on any atom is 0.271 e. The van der Waals surface area contributed by atoms with E-state index in [1.165, 1.54) is 92.0 Å². The van der Waals surface area contributed by atoms with Crippen LogP contribution in [0.3, 0.4) is 0 Å². The van der Waals surface area contributed by atoms with Crippen LogP contribution < -0.4 is 20.9 Å². The highest BCUT2D eigenvalue weighted by molar-refractivity contribution is 7.25. The highest BCUT2D eigenvalue weighted by Crippen LogP contribution is 2.39. The Kier molecular flexibility index (Phi) is 10.5. The Labute approximate surface area is 341 Å². The molecule has 300 valence electrons. The van der Waals surface area contributed by atoms with Crippen LogP contribution in [-0.2, 0) is 0 Å². The fourth-order valence-corrected chi connectivity index (χ4v) is 11.9. The van der Waals surface area contributed by atoms with Crippen LogP contribution in [0.15, 0.2) is 46.8 Å². The largest absolute Gasteiger partial charge is 0.368 e. The monoisotopic (exact) mass is 806 g/mol. The van der Waals surface area contributed by atoms with Crippen LogP contribution >= 0.6 is 22.7 Å². The quantitative estimate of drug-likeness (QED) is 0.170. The van der Waals surface area contributed by atoms with E-state index in [0.717, 1.165) is 125 Å². The lowest BCUT2D eigenvalue weighted by molar-refractivity contribution is 0.248. The summed E-state index contributed by atoms with van der Waals surface area (Å²) in [5.41, 5.74) is 4.26. The van der Waals surface area contributed by atoms with Gasteiger partial charge in [-0.2, -0.15) is 0 Å². The molecule has 3 aliphatic carbocycles. The number of nitrogens with zero attached hydrogens (tertiary/aromatic N) is 10. The van der Waals surface area contributed by atoms with E-state index >= 15 is 0 Å². The normalized spacial score (nSPS) is 20.9. The molecule has 6 aromatic rings. The molecule has 0 N–H and O–H groups in total. The Morgan fingerprint density at radius 2 is 1.04 bits per heavy atom. The second-order valence-electron chi connectivity index (χ2n) is 17.1. The zero-order chi connectivity index (χ0) is 38.5. The maximum atomic E-state index is 13.3. The van der Waals surface area contributed by atoms with Crippen molar-refractivity contribution in [3.63, 3.8) is 0 Å². The summed E-state index contributed by atoms with van der Waals surface area (Å²) >= 11 is 3.02. The first kappa shape index (κ1) is 37.3. The maximum absolute atomic E-state index is 13.3. The molecule has 0 radical (unpaired) electrons. The van der Waals surface area contributed by atoms with E-state index in [1.807, 2.05) is 21.5 Å². The summed E-state index contributed by atoms with van der Waals surface area (Å²) in [6.45, 7) is 9.64. The Morgan fingerprint density at radius 3 is 1.49 bits per heavy atom. The summed E-state index contributed by atoms with van der Waals surface area (Å²) in [7, 11) is 2.16. The number of piperazine rings is 2. The predicted octanol–water partition coefficient (Wildman–Crippen LogP) is 7.31. The van der Waals surface area contributed by atoms with Gasteiger partial charge < -0.3 is 14.7 Å². The number of anilines is 2. The van der Waals surface area contributed by atoms with Gasteiger partial charge in [0, 0.05) is 83.4 Å². The van der Waals surface area contributed by atoms with Crippen LogP contribution in [-0.4, -0.2) is 105 Å². The standard InChI is InChI=1S/C23H29N5OS.C20H25N5OS/c29-23-21-20(25-15-28(23)17-4-2-1-3-5-17)19-18(8-9-24-22(19)30-21)27-12-10-26(11-13-27)14-16-6-7-16;1-23-9-11-24(12-10-23)15-7-8-21-19-16(15)17-18(27-19)20(26)25(13-22-17)14-5-3-2-4-6-14/h8-9,15-17H,1-7,10-14H2;7-8,13-14H,2-6,9-12H2,1H3. The second kappa shape index (κ2) is 16.0. The molecule has 0 spiro atoms. The van der Waals surface area contributed by atoms with Gasteiger partial charge in [0.2, 0.25) is 0 Å². The molecule has 2 aliphatic heterocycles. The molecule has 0 aromatic carbocycles. The predicted molar refractivity (Wildman–Crippen MR) is 234 cm³/mol. The molecule has 2 saturated heterocycles. The third kappa shape index (κ3) is 7.36. The fraction of sp³-hybridized carbons (Fsp3) is 0.581. The summed E-state index contributed by atoms with van der Waals surface area (Å²) in [4.78, 5) is 57.0. The first-order chi connectivity index (χ1) is 28.0. The second-order valence-corrected chi connectivity index (χ2v) is 19.1. The molecule has 11 rings (SSSR count). The van der Waals surface area contributed by atoms with Crippen molar-refractivity contribution >= 4 is 74.9 Å². The summed E-state index contributed by atoms with van der Waals surface area (Å²) in [5, 5.41) is 2.12. The summed E-state index contributed by atoms with van der Waals surface area (Å²) < 4.78 is 5.30. The Balaban J connectivity index is 0.000000140. The van der Waals surface area contributed by atoms with Crippen molar-refractivity contribution in [2.24, 2.45) is 5.92 Å². The molecule has 8 heterocycles. The molecular formula is C43H54N10O2S2. The Hall–Kier alpha value is -3.98. The molecule has 57 heavy (non-hydrogen) atoms. The van der Waals surface area contributed by atoms with Gasteiger partial charge in [-0.1, -0.05) is 38.5 Å². The van der Waals surface area contributed by atoms with E-state index in [9.17, 15) is 9.59 Å². The van der Waals surface area contributed by atoms with Crippen molar-refractivity contribution in [1.82, 2.24) is 38.9 Å². The van der Waals surface area contributed by atoms with Crippen molar-refractivity contribution < 1.29 is 0 Å². The average Bonchev–Trinajstić information content (AvgIpc) is 3.86. The van der Waals surface area contributed by atoms with E-state index in [2.05, 4.69) is 48.7 Å². The van der Waals surface area contributed by atoms with Crippen molar-refractivity contribution in [2.45, 2.75) is 89.1 Å². The molecule has 0 amide bonds. The van der Waals surface area contributed by atoms with Gasteiger partial charge in [0.15, 0.2) is 0 Å². The minimum atomic E-state index is 0.110. The highest BCUT2D eigenvalue weighted by atomic mass is 32.1. The Bertz CT molecular complexity index is 2490. The van der Waals surface area contributed by atoms with Gasteiger partial charge in [-0.25, -0.2) is 19.9 Å². The first-order valence-electron chi connectivity index (χ1n) is 21.5.